The van der Waals surface area contributed by atoms with Gasteiger partial charge in [-0.25, -0.2) is 0 Å². The Morgan fingerprint density at radius 2 is 2.36 bits per heavy atom. The van der Waals surface area contributed by atoms with Gasteiger partial charge in [0.2, 0.25) is 5.91 Å². The van der Waals surface area contributed by atoms with Crippen LogP contribution >= 0.6 is 11.8 Å². The standard InChI is InChI=1S/C7H16N2OS/c1-3-9-6(7(8)10)4-5-11-2/h6,9H,3-5H2,1-2H3,(H2,8,10)/t6-/m0/s1. The van der Waals surface area contributed by atoms with Gasteiger partial charge in [-0.05, 0) is 25.0 Å². The second-order valence-electron chi connectivity index (χ2n) is 2.29. The molecule has 1 atom stereocenters. The summed E-state index contributed by atoms with van der Waals surface area (Å²) in [5.41, 5.74) is 5.15. The van der Waals surface area contributed by atoms with Crippen molar-refractivity contribution in [2.45, 2.75) is 19.4 Å². The van der Waals surface area contributed by atoms with E-state index < -0.39 is 0 Å². The molecule has 0 fully saturated rings. The van der Waals surface area contributed by atoms with Crippen LogP contribution in [0.5, 0.6) is 0 Å². The lowest BCUT2D eigenvalue weighted by atomic mass is 10.2. The highest BCUT2D eigenvalue weighted by Crippen LogP contribution is 1.99. The Morgan fingerprint density at radius 3 is 2.73 bits per heavy atom. The van der Waals surface area contributed by atoms with E-state index in [0.717, 1.165) is 18.7 Å². The van der Waals surface area contributed by atoms with Gasteiger partial charge in [-0.15, -0.1) is 0 Å². The first-order chi connectivity index (χ1) is 5.22. The summed E-state index contributed by atoms with van der Waals surface area (Å²) in [5, 5.41) is 3.03. The Bertz CT molecular complexity index is 119. The molecule has 4 heteroatoms. The molecule has 3 nitrogen and oxygen atoms in total. The summed E-state index contributed by atoms with van der Waals surface area (Å²) in [7, 11) is 0. The quantitative estimate of drug-likeness (QED) is 0.608. The minimum atomic E-state index is -0.249. The number of carbonyl (C=O) groups is 1. The molecule has 0 heterocycles. The molecule has 0 saturated carbocycles. The van der Waals surface area contributed by atoms with E-state index in [4.69, 9.17) is 5.73 Å². The number of likely N-dealkylation sites (N-methyl/N-ethyl adjacent to an activating group) is 1. The topological polar surface area (TPSA) is 55.1 Å². The largest absolute Gasteiger partial charge is 0.368 e. The van der Waals surface area contributed by atoms with Crippen LogP contribution in [-0.4, -0.2) is 30.5 Å². The van der Waals surface area contributed by atoms with Crippen molar-refractivity contribution < 1.29 is 4.79 Å². The van der Waals surface area contributed by atoms with E-state index in [1.807, 2.05) is 13.2 Å². The van der Waals surface area contributed by atoms with Gasteiger partial charge in [0, 0.05) is 0 Å². The maximum Gasteiger partial charge on any atom is 0.234 e. The number of carbonyl (C=O) groups excluding carboxylic acids is 1. The molecular formula is C7H16N2OS. The Morgan fingerprint density at radius 1 is 1.73 bits per heavy atom. The lowest BCUT2D eigenvalue weighted by Crippen LogP contribution is -2.41. The van der Waals surface area contributed by atoms with Gasteiger partial charge in [-0.2, -0.15) is 11.8 Å². The molecule has 0 bridgehead atoms. The highest BCUT2D eigenvalue weighted by molar-refractivity contribution is 7.98. The maximum absolute atomic E-state index is 10.7. The van der Waals surface area contributed by atoms with Gasteiger partial charge >= 0.3 is 0 Å². The molecule has 11 heavy (non-hydrogen) atoms. The third-order valence-electron chi connectivity index (χ3n) is 1.40. The molecule has 0 aromatic carbocycles. The third kappa shape index (κ3) is 5.09. The zero-order valence-corrected chi connectivity index (χ0v) is 7.91. The van der Waals surface area contributed by atoms with E-state index in [1.54, 1.807) is 11.8 Å². The van der Waals surface area contributed by atoms with Crippen LogP contribution in [0.25, 0.3) is 0 Å². The molecule has 0 saturated heterocycles. The predicted octanol–water partition coefficient (Wildman–Crippen LogP) is 0.203. The van der Waals surface area contributed by atoms with Crippen LogP contribution in [-0.2, 0) is 4.79 Å². The summed E-state index contributed by atoms with van der Waals surface area (Å²) in [6, 6.07) is -0.146. The smallest absolute Gasteiger partial charge is 0.234 e. The van der Waals surface area contributed by atoms with E-state index >= 15 is 0 Å². The van der Waals surface area contributed by atoms with Crippen LogP contribution in [0.1, 0.15) is 13.3 Å². The molecule has 0 radical (unpaired) electrons. The monoisotopic (exact) mass is 176 g/mol. The molecule has 0 aliphatic carbocycles. The highest BCUT2D eigenvalue weighted by Gasteiger charge is 2.11. The van der Waals surface area contributed by atoms with Crippen molar-refractivity contribution in [3.8, 4) is 0 Å². The number of thioether (sulfide) groups is 1. The Hall–Kier alpha value is -0.220. The van der Waals surface area contributed by atoms with Crippen molar-refractivity contribution in [2.75, 3.05) is 18.6 Å². The Kier molecular flexibility index (Phi) is 6.36. The van der Waals surface area contributed by atoms with Crippen molar-refractivity contribution >= 4 is 17.7 Å². The predicted molar refractivity (Wildman–Crippen MR) is 49.7 cm³/mol. The first kappa shape index (κ1) is 10.8. The minimum Gasteiger partial charge on any atom is -0.368 e. The molecule has 0 rings (SSSR count). The fourth-order valence-corrected chi connectivity index (χ4v) is 1.30. The number of amides is 1. The van der Waals surface area contributed by atoms with Gasteiger partial charge in [0.15, 0.2) is 0 Å². The fourth-order valence-electron chi connectivity index (χ4n) is 0.827. The summed E-state index contributed by atoms with van der Waals surface area (Å²) in [4.78, 5) is 10.7. The lowest BCUT2D eigenvalue weighted by Gasteiger charge is -2.12. The van der Waals surface area contributed by atoms with Crippen molar-refractivity contribution in [3.63, 3.8) is 0 Å². The Labute approximate surface area is 72.1 Å². The van der Waals surface area contributed by atoms with Crippen LogP contribution in [0.2, 0.25) is 0 Å². The van der Waals surface area contributed by atoms with Gasteiger partial charge < -0.3 is 11.1 Å². The number of hydrogen-bond acceptors (Lipinski definition) is 3. The molecule has 3 N–H and O–H groups in total. The van der Waals surface area contributed by atoms with Gasteiger partial charge in [0.05, 0.1) is 6.04 Å². The number of nitrogens with one attached hydrogen (secondary N) is 1. The van der Waals surface area contributed by atoms with E-state index in [1.165, 1.54) is 0 Å². The summed E-state index contributed by atoms with van der Waals surface area (Å²) < 4.78 is 0. The molecule has 0 aliphatic heterocycles. The number of hydrogen-bond donors (Lipinski definition) is 2. The zero-order valence-electron chi connectivity index (χ0n) is 7.09. The normalized spacial score (nSPS) is 12.9. The molecule has 0 unspecified atom stereocenters. The molecule has 0 aromatic rings. The molecule has 0 aliphatic rings. The average Bonchev–Trinajstić information content (AvgIpc) is 1.97. The highest BCUT2D eigenvalue weighted by atomic mass is 32.2. The van der Waals surface area contributed by atoms with E-state index in [2.05, 4.69) is 5.32 Å². The second kappa shape index (κ2) is 6.49. The molecule has 66 valence electrons. The van der Waals surface area contributed by atoms with Crippen molar-refractivity contribution in [1.29, 1.82) is 0 Å². The van der Waals surface area contributed by atoms with Crippen LogP contribution in [0, 0.1) is 0 Å². The Balaban J connectivity index is 3.60. The fraction of sp³-hybridized carbons (Fsp3) is 0.857. The van der Waals surface area contributed by atoms with Crippen LogP contribution in [0.3, 0.4) is 0 Å². The molecule has 0 spiro atoms. The summed E-state index contributed by atoms with van der Waals surface area (Å²) in [6.07, 6.45) is 2.84. The van der Waals surface area contributed by atoms with Crippen LogP contribution in [0.4, 0.5) is 0 Å². The average molecular weight is 176 g/mol. The second-order valence-corrected chi connectivity index (χ2v) is 3.28. The van der Waals surface area contributed by atoms with Crippen molar-refractivity contribution in [3.05, 3.63) is 0 Å². The van der Waals surface area contributed by atoms with Gasteiger partial charge in [-0.3, -0.25) is 4.79 Å². The van der Waals surface area contributed by atoms with Crippen LogP contribution in [0.15, 0.2) is 0 Å². The van der Waals surface area contributed by atoms with E-state index in [9.17, 15) is 4.79 Å². The summed E-state index contributed by atoms with van der Waals surface area (Å²) in [5.74, 6) is 0.724. The van der Waals surface area contributed by atoms with Crippen LogP contribution < -0.4 is 11.1 Å². The first-order valence-electron chi connectivity index (χ1n) is 3.74. The SMILES string of the molecule is CCN[C@@H](CCSC)C(N)=O. The van der Waals surface area contributed by atoms with Crippen molar-refractivity contribution in [1.82, 2.24) is 5.32 Å². The number of primary amides is 1. The maximum atomic E-state index is 10.7. The van der Waals surface area contributed by atoms with Gasteiger partial charge in [0.1, 0.15) is 0 Å². The van der Waals surface area contributed by atoms with Gasteiger partial charge in [0.25, 0.3) is 0 Å². The van der Waals surface area contributed by atoms with E-state index in [-0.39, 0.29) is 11.9 Å². The lowest BCUT2D eigenvalue weighted by molar-refractivity contribution is -0.120. The van der Waals surface area contributed by atoms with Gasteiger partial charge in [-0.1, -0.05) is 6.92 Å². The third-order valence-corrected chi connectivity index (χ3v) is 2.05. The summed E-state index contributed by atoms with van der Waals surface area (Å²) in [6.45, 7) is 2.76. The first-order valence-corrected chi connectivity index (χ1v) is 5.13. The summed E-state index contributed by atoms with van der Waals surface area (Å²) >= 11 is 1.73. The van der Waals surface area contributed by atoms with Crippen molar-refractivity contribution in [2.24, 2.45) is 5.73 Å². The number of rotatable bonds is 6. The molecule has 1 amide bonds. The minimum absolute atomic E-state index is 0.146. The zero-order chi connectivity index (χ0) is 8.69. The molecular weight excluding hydrogens is 160 g/mol. The molecule has 0 aromatic heterocycles. The number of nitrogens with two attached hydrogens (primary N) is 1. The van der Waals surface area contributed by atoms with E-state index in [0.29, 0.717) is 0 Å².